The molecule has 0 bridgehead atoms. The summed E-state index contributed by atoms with van der Waals surface area (Å²) < 4.78 is 4.93. The van der Waals surface area contributed by atoms with Crippen molar-refractivity contribution in [2.45, 2.75) is 18.6 Å². The Morgan fingerprint density at radius 1 is 1.60 bits per heavy atom. The van der Waals surface area contributed by atoms with E-state index < -0.39 is 12.0 Å². The van der Waals surface area contributed by atoms with Gasteiger partial charge >= 0.3 is 0 Å². The van der Waals surface area contributed by atoms with Crippen LogP contribution in [-0.4, -0.2) is 24.7 Å². The lowest BCUT2D eigenvalue weighted by Crippen LogP contribution is -2.40. The quantitative estimate of drug-likeness (QED) is 0.525. The third-order valence-corrected chi connectivity index (χ3v) is 1.42. The van der Waals surface area contributed by atoms with Crippen LogP contribution in [0.3, 0.4) is 0 Å². The number of ether oxygens (including phenoxy) is 1. The molecule has 5 heteroatoms. The van der Waals surface area contributed by atoms with E-state index in [1.54, 1.807) is 0 Å². The smallest absolute Gasteiger partial charge is 0.248 e. The minimum Gasteiger partial charge on any atom is -0.367 e. The van der Waals surface area contributed by atoms with Gasteiger partial charge in [0.15, 0.2) is 6.10 Å². The van der Waals surface area contributed by atoms with E-state index in [4.69, 9.17) is 16.2 Å². The standard InChI is InChI=1S/C5H10N2O2.ClH/c6-3-1-2-9-4(3)5(7)8;/h3-4H,1-2,6H2,(H2,7,8);1H. The number of hydrogen-bond acceptors (Lipinski definition) is 3. The van der Waals surface area contributed by atoms with Crippen molar-refractivity contribution in [1.29, 1.82) is 0 Å². The molecule has 0 aromatic rings. The SMILES string of the molecule is Cl.NC(=O)C1OCCC1N. The molecule has 0 saturated carbocycles. The molecule has 0 aromatic heterocycles. The number of nitrogens with two attached hydrogens (primary N) is 2. The molecule has 0 radical (unpaired) electrons. The Labute approximate surface area is 65.3 Å². The number of halogens is 1. The van der Waals surface area contributed by atoms with Crippen molar-refractivity contribution >= 4 is 18.3 Å². The Hall–Kier alpha value is -0.320. The lowest BCUT2D eigenvalue weighted by Gasteiger charge is -2.08. The van der Waals surface area contributed by atoms with E-state index in [2.05, 4.69) is 0 Å². The Kier molecular flexibility index (Phi) is 3.63. The zero-order valence-corrected chi connectivity index (χ0v) is 6.26. The van der Waals surface area contributed by atoms with Crippen molar-refractivity contribution in [2.75, 3.05) is 6.61 Å². The minimum atomic E-state index is -0.551. The van der Waals surface area contributed by atoms with Crippen molar-refractivity contribution in [3.05, 3.63) is 0 Å². The molecule has 0 aliphatic carbocycles. The van der Waals surface area contributed by atoms with E-state index in [0.717, 1.165) is 6.42 Å². The van der Waals surface area contributed by atoms with Gasteiger partial charge in [-0.15, -0.1) is 12.4 Å². The van der Waals surface area contributed by atoms with Gasteiger partial charge in [-0.3, -0.25) is 4.79 Å². The predicted molar refractivity (Wildman–Crippen MR) is 38.8 cm³/mol. The van der Waals surface area contributed by atoms with Gasteiger partial charge in [-0.25, -0.2) is 0 Å². The fourth-order valence-corrected chi connectivity index (χ4v) is 0.899. The molecule has 4 N–H and O–H groups in total. The van der Waals surface area contributed by atoms with Crippen LogP contribution >= 0.6 is 12.4 Å². The number of amides is 1. The van der Waals surface area contributed by atoms with Crippen LogP contribution in [0, 0.1) is 0 Å². The second-order valence-electron chi connectivity index (χ2n) is 2.15. The first-order valence-electron chi connectivity index (χ1n) is 2.88. The zero-order chi connectivity index (χ0) is 6.85. The first-order valence-corrected chi connectivity index (χ1v) is 2.88. The number of carbonyl (C=O) groups excluding carboxylic acids is 1. The van der Waals surface area contributed by atoms with Crippen molar-refractivity contribution in [2.24, 2.45) is 11.5 Å². The van der Waals surface area contributed by atoms with Gasteiger partial charge in [0.25, 0.3) is 0 Å². The van der Waals surface area contributed by atoms with E-state index in [1.807, 2.05) is 0 Å². The molecule has 1 rings (SSSR count). The topological polar surface area (TPSA) is 78.3 Å². The molecule has 1 saturated heterocycles. The molecule has 4 nitrogen and oxygen atoms in total. The molecule has 1 aliphatic rings. The Bertz CT molecular complexity index is 131. The van der Waals surface area contributed by atoms with Crippen LogP contribution in [0.1, 0.15) is 6.42 Å². The molecule has 60 valence electrons. The summed E-state index contributed by atoms with van der Waals surface area (Å²) in [4.78, 5) is 10.4. The molecule has 1 heterocycles. The fourth-order valence-electron chi connectivity index (χ4n) is 0.899. The Morgan fingerprint density at radius 3 is 2.40 bits per heavy atom. The molecule has 10 heavy (non-hydrogen) atoms. The maximum Gasteiger partial charge on any atom is 0.248 e. The summed E-state index contributed by atoms with van der Waals surface area (Å²) in [5, 5.41) is 0. The highest BCUT2D eigenvalue weighted by molar-refractivity contribution is 5.85. The van der Waals surface area contributed by atoms with Gasteiger partial charge in [0.1, 0.15) is 0 Å². The summed E-state index contributed by atoms with van der Waals surface area (Å²) in [5.41, 5.74) is 10.4. The Balaban J connectivity index is 0.000000810. The number of hydrogen-bond donors (Lipinski definition) is 2. The first-order chi connectivity index (χ1) is 4.22. The van der Waals surface area contributed by atoms with Crippen LogP contribution in [0.4, 0.5) is 0 Å². The molecule has 1 amide bonds. The zero-order valence-electron chi connectivity index (χ0n) is 5.45. The maximum atomic E-state index is 10.4. The van der Waals surface area contributed by atoms with E-state index in [0.29, 0.717) is 6.61 Å². The van der Waals surface area contributed by atoms with Crippen LogP contribution in [-0.2, 0) is 9.53 Å². The molecular formula is C5H11ClN2O2. The average Bonchev–Trinajstić information content (AvgIpc) is 2.13. The summed E-state index contributed by atoms with van der Waals surface area (Å²) >= 11 is 0. The fraction of sp³-hybridized carbons (Fsp3) is 0.800. The highest BCUT2D eigenvalue weighted by Crippen LogP contribution is 2.09. The van der Waals surface area contributed by atoms with E-state index in [1.165, 1.54) is 0 Å². The second kappa shape index (κ2) is 3.75. The predicted octanol–water partition coefficient (Wildman–Crippen LogP) is -0.990. The normalized spacial score (nSPS) is 31.3. The highest BCUT2D eigenvalue weighted by atomic mass is 35.5. The van der Waals surface area contributed by atoms with Crippen LogP contribution in [0.25, 0.3) is 0 Å². The van der Waals surface area contributed by atoms with Crippen molar-refractivity contribution in [3.63, 3.8) is 0 Å². The molecular weight excluding hydrogens is 156 g/mol. The minimum absolute atomic E-state index is 0. The summed E-state index contributed by atoms with van der Waals surface area (Å²) in [7, 11) is 0. The van der Waals surface area contributed by atoms with Gasteiger partial charge in [0.05, 0.1) is 0 Å². The van der Waals surface area contributed by atoms with E-state index in [9.17, 15) is 4.79 Å². The summed E-state index contributed by atoms with van der Waals surface area (Å²) in [6.45, 7) is 0.550. The van der Waals surface area contributed by atoms with Gasteiger partial charge in [-0.1, -0.05) is 0 Å². The number of primary amides is 1. The van der Waals surface area contributed by atoms with E-state index >= 15 is 0 Å². The largest absolute Gasteiger partial charge is 0.367 e. The summed E-state index contributed by atoms with van der Waals surface area (Å²) in [5.74, 6) is -0.458. The third kappa shape index (κ3) is 1.83. The van der Waals surface area contributed by atoms with Gasteiger partial charge in [0.2, 0.25) is 5.91 Å². The van der Waals surface area contributed by atoms with Gasteiger partial charge < -0.3 is 16.2 Å². The lowest BCUT2D eigenvalue weighted by atomic mass is 10.1. The first kappa shape index (κ1) is 9.68. The van der Waals surface area contributed by atoms with Crippen molar-refractivity contribution < 1.29 is 9.53 Å². The maximum absolute atomic E-state index is 10.4. The number of rotatable bonds is 1. The van der Waals surface area contributed by atoms with Crippen LogP contribution in [0.5, 0.6) is 0 Å². The van der Waals surface area contributed by atoms with Crippen LogP contribution in [0.2, 0.25) is 0 Å². The molecule has 0 aromatic carbocycles. The summed E-state index contributed by atoms with van der Waals surface area (Å²) in [6.07, 6.45) is 0.179. The van der Waals surface area contributed by atoms with E-state index in [-0.39, 0.29) is 18.4 Å². The van der Waals surface area contributed by atoms with Crippen LogP contribution in [0.15, 0.2) is 0 Å². The molecule has 1 aliphatic heterocycles. The summed E-state index contributed by atoms with van der Waals surface area (Å²) in [6, 6.07) is -0.192. The van der Waals surface area contributed by atoms with Crippen molar-refractivity contribution in [3.8, 4) is 0 Å². The van der Waals surface area contributed by atoms with Gasteiger partial charge in [0, 0.05) is 12.6 Å². The monoisotopic (exact) mass is 166 g/mol. The molecule has 2 unspecified atom stereocenters. The molecule has 0 spiro atoms. The Morgan fingerprint density at radius 2 is 2.20 bits per heavy atom. The third-order valence-electron chi connectivity index (χ3n) is 1.42. The van der Waals surface area contributed by atoms with Crippen molar-refractivity contribution in [1.82, 2.24) is 0 Å². The average molecular weight is 167 g/mol. The van der Waals surface area contributed by atoms with Crippen LogP contribution < -0.4 is 11.5 Å². The van der Waals surface area contributed by atoms with Gasteiger partial charge in [-0.05, 0) is 6.42 Å². The van der Waals surface area contributed by atoms with Gasteiger partial charge in [-0.2, -0.15) is 0 Å². The molecule has 1 fully saturated rings. The number of carbonyl (C=O) groups is 1. The highest BCUT2D eigenvalue weighted by Gasteiger charge is 2.29. The lowest BCUT2D eigenvalue weighted by molar-refractivity contribution is -0.127. The molecule has 2 atom stereocenters. The second-order valence-corrected chi connectivity index (χ2v) is 2.15.